The monoisotopic (exact) mass is 353 g/mol. The first-order valence-electron chi connectivity index (χ1n) is 8.97. The molecule has 6 nitrogen and oxygen atoms in total. The maximum Gasteiger partial charge on any atom is 0.331 e. The van der Waals surface area contributed by atoms with Crippen LogP contribution in [0.25, 0.3) is 0 Å². The summed E-state index contributed by atoms with van der Waals surface area (Å²) >= 11 is 0. The molecule has 1 aromatic rings. The fourth-order valence-corrected chi connectivity index (χ4v) is 5.16. The maximum atomic E-state index is 12.9. The number of benzene rings is 1. The van der Waals surface area contributed by atoms with Crippen LogP contribution in [-0.2, 0) is 14.4 Å². The van der Waals surface area contributed by atoms with E-state index in [-0.39, 0.29) is 47.8 Å². The normalized spacial score (nSPS) is 36.0. The fourth-order valence-electron chi connectivity index (χ4n) is 5.16. The quantitative estimate of drug-likeness (QED) is 0.356. The van der Waals surface area contributed by atoms with Crippen molar-refractivity contribution in [1.82, 2.24) is 4.90 Å². The second-order valence-corrected chi connectivity index (χ2v) is 7.54. The van der Waals surface area contributed by atoms with Crippen molar-refractivity contribution in [2.75, 3.05) is 13.7 Å². The Kier molecular flexibility index (Phi) is 3.26. The molecule has 0 N–H and O–H groups in total. The molecule has 1 heterocycles. The number of likely N-dealkylation sites (tertiary alicyclic amines) is 1. The summed E-state index contributed by atoms with van der Waals surface area (Å²) in [6.45, 7) is -0.350. The third-order valence-electron chi connectivity index (χ3n) is 6.33. The van der Waals surface area contributed by atoms with E-state index in [0.717, 1.165) is 11.3 Å². The number of nitrogens with zero attached hydrogens (tertiary/aromatic N) is 1. The molecule has 0 unspecified atom stereocenters. The molecule has 2 bridgehead atoms. The topological polar surface area (TPSA) is 72.9 Å². The Hall–Kier alpha value is -2.63. The number of esters is 1. The van der Waals surface area contributed by atoms with E-state index in [0.29, 0.717) is 17.6 Å². The van der Waals surface area contributed by atoms with Gasteiger partial charge < -0.3 is 9.47 Å². The van der Waals surface area contributed by atoms with Gasteiger partial charge in [-0.1, -0.05) is 24.3 Å². The summed E-state index contributed by atoms with van der Waals surface area (Å²) in [6.07, 6.45) is 5.34. The van der Waals surface area contributed by atoms with Gasteiger partial charge in [0.1, 0.15) is 6.54 Å². The zero-order valence-electron chi connectivity index (χ0n) is 14.3. The Labute approximate surface area is 150 Å². The smallest absolute Gasteiger partial charge is 0.331 e. The zero-order valence-corrected chi connectivity index (χ0v) is 14.3. The highest BCUT2D eigenvalue weighted by atomic mass is 16.6. The van der Waals surface area contributed by atoms with Gasteiger partial charge in [-0.25, -0.2) is 4.79 Å². The molecule has 6 rings (SSSR count). The molecule has 2 amide bonds. The predicted octanol–water partition coefficient (Wildman–Crippen LogP) is 1.65. The molecule has 1 aromatic carbocycles. The highest BCUT2D eigenvalue weighted by Gasteiger charge is 2.67. The molecule has 2 saturated carbocycles. The van der Waals surface area contributed by atoms with E-state index in [2.05, 4.69) is 12.2 Å². The fraction of sp³-hybridized carbons (Fsp3) is 0.450. The van der Waals surface area contributed by atoms with Crippen LogP contribution in [0.4, 0.5) is 0 Å². The number of allylic oxidation sites excluding steroid dienone is 2. The SMILES string of the molecule is COc1ccccc1OC(=O)CN1C(=O)[C@@H]2[C@@H]3C=C[C@@H]([C@@H]4C[C@@H]34)[C@@H]2C1=O. The number of carbonyl (C=O) groups excluding carboxylic acids is 3. The van der Waals surface area contributed by atoms with Crippen LogP contribution in [-0.4, -0.2) is 36.3 Å². The number of methoxy groups -OCH3 is 1. The van der Waals surface area contributed by atoms with Gasteiger partial charge >= 0.3 is 5.97 Å². The van der Waals surface area contributed by atoms with Gasteiger partial charge in [-0.3, -0.25) is 14.5 Å². The number of carbonyl (C=O) groups is 3. The summed E-state index contributed by atoms with van der Waals surface area (Å²) < 4.78 is 10.5. The predicted molar refractivity (Wildman–Crippen MR) is 90.0 cm³/mol. The summed E-state index contributed by atoms with van der Waals surface area (Å²) in [4.78, 5) is 39.2. The Morgan fingerprint density at radius 3 is 2.19 bits per heavy atom. The second kappa shape index (κ2) is 5.43. The molecule has 134 valence electrons. The summed E-state index contributed by atoms with van der Waals surface area (Å²) in [5.41, 5.74) is 0. The van der Waals surface area contributed by atoms with E-state index >= 15 is 0 Å². The van der Waals surface area contributed by atoms with Gasteiger partial charge in [0.2, 0.25) is 11.8 Å². The van der Waals surface area contributed by atoms with Gasteiger partial charge in [0, 0.05) is 0 Å². The number of para-hydroxylation sites is 2. The minimum atomic E-state index is -0.639. The van der Waals surface area contributed by atoms with Crippen molar-refractivity contribution in [3.63, 3.8) is 0 Å². The Balaban J connectivity index is 1.33. The van der Waals surface area contributed by atoms with Crippen molar-refractivity contribution in [2.24, 2.45) is 35.5 Å². The van der Waals surface area contributed by atoms with Gasteiger partial charge in [0.15, 0.2) is 11.5 Å². The third-order valence-corrected chi connectivity index (χ3v) is 6.33. The molecule has 26 heavy (non-hydrogen) atoms. The van der Waals surface area contributed by atoms with Crippen LogP contribution in [0.5, 0.6) is 11.5 Å². The number of hydrogen-bond donors (Lipinski definition) is 0. The van der Waals surface area contributed by atoms with Crippen LogP contribution in [0.3, 0.4) is 0 Å². The lowest BCUT2D eigenvalue weighted by molar-refractivity contribution is -0.148. The Bertz CT molecular complexity index is 810. The summed E-state index contributed by atoms with van der Waals surface area (Å²) in [5, 5.41) is 0. The summed E-state index contributed by atoms with van der Waals surface area (Å²) in [7, 11) is 1.49. The van der Waals surface area contributed by atoms with Crippen LogP contribution in [0.1, 0.15) is 6.42 Å². The standard InChI is InChI=1S/C20H19NO5/c1-25-14-4-2-3-5-15(14)26-16(22)9-21-19(23)17-10-6-7-11(13-8-12(10)13)18(17)20(21)24/h2-7,10-13,17-18H,8-9H2,1H3/t10-,11+,12-,13-,17-,18+/m0/s1. The molecule has 6 heteroatoms. The number of imide groups is 1. The van der Waals surface area contributed by atoms with Crippen molar-refractivity contribution in [3.05, 3.63) is 36.4 Å². The highest BCUT2D eigenvalue weighted by Crippen LogP contribution is 2.65. The van der Waals surface area contributed by atoms with Gasteiger partial charge in [-0.05, 0) is 42.2 Å². The molecule has 0 radical (unpaired) electrons. The van der Waals surface area contributed by atoms with Crippen molar-refractivity contribution in [1.29, 1.82) is 0 Å². The number of hydrogen-bond acceptors (Lipinski definition) is 5. The number of amides is 2. The van der Waals surface area contributed by atoms with E-state index in [4.69, 9.17) is 9.47 Å². The minimum Gasteiger partial charge on any atom is -0.493 e. The van der Waals surface area contributed by atoms with E-state index in [1.807, 2.05) is 0 Å². The lowest BCUT2D eigenvalue weighted by Gasteiger charge is -2.37. The van der Waals surface area contributed by atoms with Crippen LogP contribution < -0.4 is 9.47 Å². The van der Waals surface area contributed by atoms with Crippen LogP contribution >= 0.6 is 0 Å². The molecule has 1 saturated heterocycles. The van der Waals surface area contributed by atoms with Crippen LogP contribution in [0, 0.1) is 35.5 Å². The molecule has 5 aliphatic rings. The number of rotatable bonds is 4. The van der Waals surface area contributed by atoms with E-state index in [1.165, 1.54) is 7.11 Å². The average molecular weight is 353 g/mol. The van der Waals surface area contributed by atoms with Gasteiger partial charge in [0.05, 0.1) is 18.9 Å². The van der Waals surface area contributed by atoms with Crippen molar-refractivity contribution >= 4 is 17.8 Å². The zero-order chi connectivity index (χ0) is 18.0. The van der Waals surface area contributed by atoms with E-state index < -0.39 is 5.97 Å². The maximum absolute atomic E-state index is 12.9. The van der Waals surface area contributed by atoms with E-state index in [9.17, 15) is 14.4 Å². The molecule has 3 fully saturated rings. The van der Waals surface area contributed by atoms with Gasteiger partial charge in [0.25, 0.3) is 0 Å². The first kappa shape index (κ1) is 15.6. The molecule has 6 atom stereocenters. The van der Waals surface area contributed by atoms with Gasteiger partial charge in [-0.2, -0.15) is 0 Å². The second-order valence-electron chi connectivity index (χ2n) is 7.54. The minimum absolute atomic E-state index is 0.154. The lowest BCUT2D eigenvalue weighted by Crippen LogP contribution is -2.40. The number of ether oxygens (including phenoxy) is 2. The molecule has 0 spiro atoms. The molecule has 4 aliphatic carbocycles. The van der Waals surface area contributed by atoms with E-state index in [1.54, 1.807) is 24.3 Å². The largest absolute Gasteiger partial charge is 0.493 e. The van der Waals surface area contributed by atoms with Crippen LogP contribution in [0.2, 0.25) is 0 Å². The summed E-state index contributed by atoms with van der Waals surface area (Å²) in [6, 6.07) is 6.78. The summed E-state index contributed by atoms with van der Waals surface area (Å²) in [5.74, 6) is 0.440. The first-order valence-corrected chi connectivity index (χ1v) is 8.97. The molecule has 1 aliphatic heterocycles. The average Bonchev–Trinajstić information content (AvgIpc) is 3.43. The van der Waals surface area contributed by atoms with Crippen molar-refractivity contribution in [2.45, 2.75) is 6.42 Å². The van der Waals surface area contributed by atoms with Gasteiger partial charge in [-0.15, -0.1) is 0 Å². The molecular formula is C20H19NO5. The highest BCUT2D eigenvalue weighted by molar-refractivity contribution is 6.08. The van der Waals surface area contributed by atoms with Crippen LogP contribution in [0.15, 0.2) is 36.4 Å². The Morgan fingerprint density at radius 2 is 1.62 bits per heavy atom. The van der Waals surface area contributed by atoms with Crippen molar-refractivity contribution < 1.29 is 23.9 Å². The molecule has 0 aromatic heterocycles. The van der Waals surface area contributed by atoms with Crippen molar-refractivity contribution in [3.8, 4) is 11.5 Å². The Morgan fingerprint density at radius 1 is 1.04 bits per heavy atom. The third kappa shape index (κ3) is 2.08. The lowest BCUT2D eigenvalue weighted by atomic mass is 9.63. The molecular weight excluding hydrogens is 334 g/mol. The first-order chi connectivity index (χ1) is 12.6.